The lowest BCUT2D eigenvalue weighted by Crippen LogP contribution is -2.34. The molecular formula is C27H31N5O4. The summed E-state index contributed by atoms with van der Waals surface area (Å²) in [6.07, 6.45) is 5.30. The molecule has 0 atom stereocenters. The minimum Gasteiger partial charge on any atom is -0.504 e. The first-order chi connectivity index (χ1) is 17.3. The molecule has 0 unspecified atom stereocenters. The van der Waals surface area contributed by atoms with Crippen molar-refractivity contribution in [3.63, 3.8) is 0 Å². The van der Waals surface area contributed by atoms with Crippen LogP contribution in [0.2, 0.25) is 0 Å². The van der Waals surface area contributed by atoms with E-state index in [1.807, 2.05) is 19.2 Å². The quantitative estimate of drug-likeness (QED) is 0.440. The van der Waals surface area contributed by atoms with Gasteiger partial charge in [0.15, 0.2) is 11.4 Å². The summed E-state index contributed by atoms with van der Waals surface area (Å²) in [7, 11) is 0. The van der Waals surface area contributed by atoms with Gasteiger partial charge in [0.25, 0.3) is 5.91 Å². The molecule has 4 rings (SSSR count). The van der Waals surface area contributed by atoms with E-state index in [1.165, 1.54) is 16.8 Å². The molecule has 2 aromatic heterocycles. The number of amides is 1. The molecule has 36 heavy (non-hydrogen) atoms. The molecule has 0 saturated carbocycles. The average Bonchev–Trinajstić information content (AvgIpc) is 2.87. The van der Waals surface area contributed by atoms with E-state index in [0.29, 0.717) is 23.9 Å². The normalized spacial score (nSPS) is 14.0. The highest BCUT2D eigenvalue weighted by Crippen LogP contribution is 2.27. The number of piperidine rings is 1. The number of anilines is 1. The van der Waals surface area contributed by atoms with Crippen LogP contribution in [0.3, 0.4) is 0 Å². The summed E-state index contributed by atoms with van der Waals surface area (Å²) in [5, 5.41) is 21.2. The summed E-state index contributed by atoms with van der Waals surface area (Å²) in [4.78, 5) is 38.4. The molecule has 0 bridgehead atoms. The molecule has 188 valence electrons. The number of pyridine rings is 1. The highest BCUT2D eigenvalue weighted by molar-refractivity contribution is 5.96. The van der Waals surface area contributed by atoms with Crippen molar-refractivity contribution in [3.05, 3.63) is 76.6 Å². The van der Waals surface area contributed by atoms with Crippen LogP contribution in [0, 0.1) is 19.8 Å². The van der Waals surface area contributed by atoms with Gasteiger partial charge in [-0.2, -0.15) is 0 Å². The van der Waals surface area contributed by atoms with Crippen LogP contribution in [0.4, 0.5) is 5.69 Å². The van der Waals surface area contributed by atoms with E-state index in [0.717, 1.165) is 38.0 Å². The molecule has 0 radical (unpaired) electrons. The standard InChI is InChI=1S/C27H31N5O4/c1-17-3-4-21(15-28-17)13-19-5-7-22(8-6-19)32-11-9-20(10-12-32)14-23-30-18(2)26(35)25(31-23)27(36)29-16-24(33)34/h3-8,15,20,35H,9-14,16H2,1-2H3,(H,29,36)(H,33,34). The SMILES string of the molecule is Cc1ccc(Cc2ccc(N3CCC(Cc4nc(C)c(O)c(C(=O)NCC(=O)O)n4)CC3)cc2)cn1. The fourth-order valence-corrected chi connectivity index (χ4v) is 4.43. The number of hydrogen-bond donors (Lipinski definition) is 3. The lowest BCUT2D eigenvalue weighted by Gasteiger charge is -2.33. The smallest absolute Gasteiger partial charge is 0.322 e. The van der Waals surface area contributed by atoms with Gasteiger partial charge in [0.2, 0.25) is 0 Å². The van der Waals surface area contributed by atoms with E-state index < -0.39 is 18.4 Å². The minimum atomic E-state index is -1.17. The Balaban J connectivity index is 1.33. The maximum absolute atomic E-state index is 12.3. The predicted molar refractivity (Wildman–Crippen MR) is 135 cm³/mol. The number of carbonyl (C=O) groups excluding carboxylic acids is 1. The minimum absolute atomic E-state index is 0.183. The van der Waals surface area contributed by atoms with Gasteiger partial charge in [0.05, 0.1) is 5.69 Å². The Labute approximate surface area is 210 Å². The molecule has 1 fully saturated rings. The van der Waals surface area contributed by atoms with Crippen LogP contribution in [-0.4, -0.2) is 56.7 Å². The van der Waals surface area contributed by atoms with Crippen molar-refractivity contribution in [2.75, 3.05) is 24.5 Å². The third kappa shape index (κ3) is 6.35. The van der Waals surface area contributed by atoms with Gasteiger partial charge in [-0.15, -0.1) is 0 Å². The summed E-state index contributed by atoms with van der Waals surface area (Å²) in [6, 6.07) is 12.8. The van der Waals surface area contributed by atoms with Gasteiger partial charge in [0.1, 0.15) is 12.4 Å². The zero-order chi connectivity index (χ0) is 25.7. The molecule has 9 heteroatoms. The Morgan fingerprint density at radius 1 is 1.03 bits per heavy atom. The fraction of sp³-hybridized carbons (Fsp3) is 0.370. The third-order valence-electron chi connectivity index (χ3n) is 6.49. The van der Waals surface area contributed by atoms with E-state index in [2.05, 4.69) is 55.5 Å². The summed E-state index contributed by atoms with van der Waals surface area (Å²) in [5.41, 5.74) is 4.79. The second-order valence-electron chi connectivity index (χ2n) is 9.28. The van der Waals surface area contributed by atoms with Gasteiger partial charge in [0, 0.05) is 37.1 Å². The number of nitrogens with one attached hydrogen (secondary N) is 1. The van der Waals surface area contributed by atoms with E-state index in [1.54, 1.807) is 6.92 Å². The maximum Gasteiger partial charge on any atom is 0.322 e. The molecule has 3 heterocycles. The number of benzene rings is 1. The number of hydrogen-bond acceptors (Lipinski definition) is 7. The topological polar surface area (TPSA) is 129 Å². The van der Waals surface area contributed by atoms with Gasteiger partial charge in [-0.1, -0.05) is 18.2 Å². The van der Waals surface area contributed by atoms with Crippen molar-refractivity contribution in [2.24, 2.45) is 5.92 Å². The molecule has 0 spiro atoms. The van der Waals surface area contributed by atoms with Crippen LogP contribution in [0.1, 0.15) is 51.7 Å². The van der Waals surface area contributed by atoms with Crippen molar-refractivity contribution in [1.82, 2.24) is 20.3 Å². The Morgan fingerprint density at radius 3 is 2.36 bits per heavy atom. The number of rotatable bonds is 8. The molecule has 1 aliphatic rings. The zero-order valence-corrected chi connectivity index (χ0v) is 20.6. The highest BCUT2D eigenvalue weighted by Gasteiger charge is 2.23. The summed E-state index contributed by atoms with van der Waals surface area (Å²) in [5.74, 6) is -1.37. The number of aryl methyl sites for hydroxylation is 2. The van der Waals surface area contributed by atoms with Crippen molar-refractivity contribution >= 4 is 17.6 Å². The number of aromatic hydroxyl groups is 1. The number of carbonyl (C=O) groups is 2. The fourth-order valence-electron chi connectivity index (χ4n) is 4.43. The molecule has 1 saturated heterocycles. The van der Waals surface area contributed by atoms with Crippen LogP contribution >= 0.6 is 0 Å². The zero-order valence-electron chi connectivity index (χ0n) is 20.6. The van der Waals surface area contributed by atoms with Crippen molar-refractivity contribution in [1.29, 1.82) is 0 Å². The van der Waals surface area contributed by atoms with Gasteiger partial charge in [-0.05, 0) is 68.4 Å². The van der Waals surface area contributed by atoms with Crippen molar-refractivity contribution < 1.29 is 19.8 Å². The van der Waals surface area contributed by atoms with E-state index in [-0.39, 0.29) is 11.4 Å². The summed E-state index contributed by atoms with van der Waals surface area (Å²) in [6.45, 7) is 4.88. The molecule has 3 N–H and O–H groups in total. The average molecular weight is 490 g/mol. The second kappa shape index (κ2) is 11.2. The Bertz CT molecular complexity index is 1220. The maximum atomic E-state index is 12.3. The third-order valence-corrected chi connectivity index (χ3v) is 6.49. The predicted octanol–water partition coefficient (Wildman–Crippen LogP) is 3.06. The molecule has 1 amide bonds. The Hall–Kier alpha value is -4.01. The number of aromatic nitrogens is 3. The molecule has 3 aromatic rings. The van der Waals surface area contributed by atoms with Gasteiger partial charge >= 0.3 is 5.97 Å². The Morgan fingerprint density at radius 2 is 1.72 bits per heavy atom. The van der Waals surface area contributed by atoms with Crippen LogP contribution in [-0.2, 0) is 17.6 Å². The first-order valence-electron chi connectivity index (χ1n) is 12.1. The van der Waals surface area contributed by atoms with E-state index in [4.69, 9.17) is 5.11 Å². The second-order valence-corrected chi connectivity index (χ2v) is 9.28. The Kier molecular flexibility index (Phi) is 7.77. The number of nitrogens with zero attached hydrogens (tertiary/aromatic N) is 4. The number of carboxylic acids is 1. The van der Waals surface area contributed by atoms with Gasteiger partial charge in [-0.3, -0.25) is 14.6 Å². The van der Waals surface area contributed by atoms with Crippen molar-refractivity contribution in [3.8, 4) is 5.75 Å². The van der Waals surface area contributed by atoms with Crippen LogP contribution < -0.4 is 10.2 Å². The first-order valence-corrected chi connectivity index (χ1v) is 12.1. The number of aliphatic carboxylic acids is 1. The van der Waals surface area contributed by atoms with Crippen molar-refractivity contribution in [2.45, 2.75) is 39.5 Å². The first kappa shape index (κ1) is 25.1. The number of carboxylic acid groups (broad SMARTS) is 1. The largest absolute Gasteiger partial charge is 0.504 e. The van der Waals surface area contributed by atoms with Gasteiger partial charge in [-0.25, -0.2) is 9.97 Å². The molecular weight excluding hydrogens is 458 g/mol. The molecule has 0 aliphatic carbocycles. The molecule has 9 nitrogen and oxygen atoms in total. The summed E-state index contributed by atoms with van der Waals surface area (Å²) >= 11 is 0. The van der Waals surface area contributed by atoms with Crippen LogP contribution in [0.5, 0.6) is 5.75 Å². The van der Waals surface area contributed by atoms with Gasteiger partial charge < -0.3 is 20.4 Å². The summed E-state index contributed by atoms with van der Waals surface area (Å²) < 4.78 is 0. The van der Waals surface area contributed by atoms with E-state index in [9.17, 15) is 14.7 Å². The lowest BCUT2D eigenvalue weighted by molar-refractivity contribution is -0.135. The molecule has 1 aliphatic heterocycles. The molecule has 1 aromatic carbocycles. The monoisotopic (exact) mass is 489 g/mol. The van der Waals surface area contributed by atoms with Crippen LogP contribution in [0.25, 0.3) is 0 Å². The van der Waals surface area contributed by atoms with Crippen LogP contribution in [0.15, 0.2) is 42.6 Å². The van der Waals surface area contributed by atoms with E-state index >= 15 is 0 Å². The lowest BCUT2D eigenvalue weighted by atomic mass is 9.92. The highest BCUT2D eigenvalue weighted by atomic mass is 16.4.